The summed E-state index contributed by atoms with van der Waals surface area (Å²) in [6.07, 6.45) is -0.588. The molecule has 0 aliphatic heterocycles. The van der Waals surface area contributed by atoms with Gasteiger partial charge in [0.05, 0.1) is 13.2 Å². The third-order valence-corrected chi connectivity index (χ3v) is 0.524. The summed E-state index contributed by atoms with van der Waals surface area (Å²) in [4.78, 5) is 10.2. The predicted octanol–water partition coefficient (Wildman–Crippen LogP) is 0.531. The molecule has 9 heavy (non-hydrogen) atoms. The van der Waals surface area contributed by atoms with Crippen molar-refractivity contribution in [2.45, 2.75) is 13.8 Å². The van der Waals surface area contributed by atoms with E-state index in [1.807, 2.05) is 0 Å². The second kappa shape index (κ2) is 7.87. The summed E-state index contributed by atoms with van der Waals surface area (Å²) in [6, 6.07) is 0. The van der Waals surface area contributed by atoms with Crippen LogP contribution in [0.25, 0.3) is 0 Å². The maximum atomic E-state index is 10.2. The van der Waals surface area contributed by atoms with E-state index in [9.17, 15) is 4.79 Å². The van der Waals surface area contributed by atoms with Crippen molar-refractivity contribution in [2.24, 2.45) is 0 Å². The zero-order valence-corrected chi connectivity index (χ0v) is 5.14. The molecule has 0 rings (SSSR count). The van der Waals surface area contributed by atoms with Crippen LogP contribution in [0.4, 0.5) is 4.79 Å². The molecule has 0 radical (unpaired) electrons. The molecule has 0 aromatic carbocycles. The van der Waals surface area contributed by atoms with E-state index in [0.717, 1.165) is 0 Å². The van der Waals surface area contributed by atoms with Crippen LogP contribution in [0, 0.1) is 0 Å². The zero-order valence-electron chi connectivity index (χ0n) is 5.14. The van der Waals surface area contributed by atoms with Gasteiger partial charge in [-0.2, -0.15) is 0 Å². The van der Waals surface area contributed by atoms with Crippen LogP contribution in [0.2, 0.25) is 0 Å². The van der Waals surface area contributed by atoms with Crippen molar-refractivity contribution in [3.05, 3.63) is 0 Å². The number of carbonyl (C=O) groups is 1. The molecule has 0 atom stereocenters. The standard InChI is InChI=1S/C5H10O3.Li.H/c1-3-7-5(6)8-4-2;;/h3-4H2,1-2H3;;. The van der Waals surface area contributed by atoms with Gasteiger partial charge in [0.15, 0.2) is 0 Å². The molecule has 0 saturated heterocycles. The first-order valence-corrected chi connectivity index (χ1v) is 2.60. The number of carbonyl (C=O) groups excluding carboxylic acids is 1. The molecule has 50 valence electrons. The molecule has 0 bridgehead atoms. The summed E-state index contributed by atoms with van der Waals surface area (Å²) < 4.78 is 8.84. The van der Waals surface area contributed by atoms with Gasteiger partial charge >= 0.3 is 25.0 Å². The third-order valence-electron chi connectivity index (χ3n) is 0.524. The van der Waals surface area contributed by atoms with Crippen LogP contribution in [0.1, 0.15) is 13.8 Å². The van der Waals surface area contributed by atoms with Gasteiger partial charge in [-0.3, -0.25) is 0 Å². The van der Waals surface area contributed by atoms with Crippen LogP contribution in [0.5, 0.6) is 0 Å². The van der Waals surface area contributed by atoms with E-state index in [2.05, 4.69) is 9.47 Å². The summed E-state index contributed by atoms with van der Waals surface area (Å²) in [5.41, 5.74) is 0. The van der Waals surface area contributed by atoms with E-state index in [0.29, 0.717) is 13.2 Å². The molecule has 0 spiro atoms. The Kier molecular flexibility index (Phi) is 10.2. The number of hydrogen-bond acceptors (Lipinski definition) is 3. The van der Waals surface area contributed by atoms with Crippen molar-refractivity contribution in [3.8, 4) is 0 Å². The summed E-state index contributed by atoms with van der Waals surface area (Å²) in [5.74, 6) is 0. The van der Waals surface area contributed by atoms with Crippen molar-refractivity contribution >= 4 is 25.0 Å². The predicted molar refractivity (Wildman–Crippen MR) is 35.8 cm³/mol. The number of rotatable bonds is 2. The summed E-state index contributed by atoms with van der Waals surface area (Å²) in [5, 5.41) is 0. The second-order valence-corrected chi connectivity index (χ2v) is 1.12. The molecule has 0 aliphatic carbocycles. The summed E-state index contributed by atoms with van der Waals surface area (Å²) in [6.45, 7) is 4.21. The van der Waals surface area contributed by atoms with E-state index >= 15 is 0 Å². The molecular weight excluding hydrogens is 115 g/mol. The first-order chi connectivity index (χ1) is 3.81. The maximum absolute atomic E-state index is 10.2. The average molecular weight is 126 g/mol. The van der Waals surface area contributed by atoms with Gasteiger partial charge in [-0.05, 0) is 13.8 Å². The first-order valence-electron chi connectivity index (χ1n) is 2.60. The average Bonchev–Trinajstić information content (AvgIpc) is 1.68. The Morgan fingerprint density at radius 3 is 1.78 bits per heavy atom. The van der Waals surface area contributed by atoms with Crippen molar-refractivity contribution in [1.82, 2.24) is 0 Å². The molecule has 4 heteroatoms. The van der Waals surface area contributed by atoms with Gasteiger partial charge in [0, 0.05) is 0 Å². The van der Waals surface area contributed by atoms with E-state index in [1.165, 1.54) is 0 Å². The molecule has 0 unspecified atom stereocenters. The van der Waals surface area contributed by atoms with Gasteiger partial charge in [-0.15, -0.1) is 0 Å². The number of ether oxygens (including phenoxy) is 2. The van der Waals surface area contributed by atoms with Crippen LogP contribution in [-0.2, 0) is 9.47 Å². The minimum atomic E-state index is -0.588. The van der Waals surface area contributed by atoms with Crippen LogP contribution in [-0.4, -0.2) is 38.2 Å². The van der Waals surface area contributed by atoms with Gasteiger partial charge in [-0.25, -0.2) is 4.79 Å². The zero-order chi connectivity index (χ0) is 6.41. The monoisotopic (exact) mass is 126 g/mol. The molecule has 0 aliphatic rings. The SMILES string of the molecule is CCOC(=O)OCC.[LiH]. The molecule has 0 aromatic rings. The molecule has 0 saturated carbocycles. The van der Waals surface area contributed by atoms with Crippen molar-refractivity contribution < 1.29 is 14.3 Å². The van der Waals surface area contributed by atoms with Gasteiger partial charge in [-0.1, -0.05) is 0 Å². The van der Waals surface area contributed by atoms with Crippen LogP contribution >= 0.6 is 0 Å². The Bertz CT molecular complexity index is 66.6. The topological polar surface area (TPSA) is 35.5 Å². The first kappa shape index (κ1) is 11.6. The van der Waals surface area contributed by atoms with Crippen molar-refractivity contribution in [1.29, 1.82) is 0 Å². The van der Waals surface area contributed by atoms with E-state index < -0.39 is 6.16 Å². The molecule has 0 amide bonds. The third kappa shape index (κ3) is 7.87. The number of hydrogen-bond donors (Lipinski definition) is 0. The van der Waals surface area contributed by atoms with Crippen LogP contribution < -0.4 is 0 Å². The van der Waals surface area contributed by atoms with Gasteiger partial charge < -0.3 is 9.47 Å². The Labute approximate surface area is 66.9 Å². The molecule has 0 heterocycles. The van der Waals surface area contributed by atoms with E-state index in [1.54, 1.807) is 13.8 Å². The quantitative estimate of drug-likeness (QED) is 0.400. The Morgan fingerprint density at radius 2 is 1.56 bits per heavy atom. The summed E-state index contributed by atoms with van der Waals surface area (Å²) in [7, 11) is 0. The van der Waals surface area contributed by atoms with Crippen molar-refractivity contribution in [3.63, 3.8) is 0 Å². The fraction of sp³-hybridized carbons (Fsp3) is 0.800. The fourth-order valence-electron chi connectivity index (χ4n) is 0.277. The van der Waals surface area contributed by atoms with E-state index in [4.69, 9.17) is 0 Å². The van der Waals surface area contributed by atoms with Gasteiger partial charge in [0.25, 0.3) is 0 Å². The van der Waals surface area contributed by atoms with E-state index in [-0.39, 0.29) is 18.9 Å². The Hall–Kier alpha value is -0.133. The Balaban J connectivity index is 0. The van der Waals surface area contributed by atoms with Crippen LogP contribution in [0.15, 0.2) is 0 Å². The fourth-order valence-corrected chi connectivity index (χ4v) is 0.277. The van der Waals surface area contributed by atoms with Crippen molar-refractivity contribution in [2.75, 3.05) is 13.2 Å². The molecule has 0 aromatic heterocycles. The second-order valence-electron chi connectivity index (χ2n) is 1.12. The minimum absolute atomic E-state index is 0. The van der Waals surface area contributed by atoms with Gasteiger partial charge in [0.1, 0.15) is 0 Å². The summed E-state index contributed by atoms with van der Waals surface area (Å²) >= 11 is 0. The van der Waals surface area contributed by atoms with Gasteiger partial charge in [0.2, 0.25) is 0 Å². The molecule has 3 nitrogen and oxygen atoms in total. The molecule has 0 N–H and O–H groups in total. The molecule has 0 fully saturated rings. The normalized spacial score (nSPS) is 7.33. The Morgan fingerprint density at radius 1 is 1.22 bits per heavy atom. The van der Waals surface area contributed by atoms with Crippen LogP contribution in [0.3, 0.4) is 0 Å². The molecular formula is C5H11LiO3.